The first kappa shape index (κ1) is 12.4. The maximum atomic E-state index is 12.9. The Kier molecular flexibility index (Phi) is 3.50. The van der Waals surface area contributed by atoms with Crippen LogP contribution in [0.1, 0.15) is 5.56 Å². The molecule has 0 fully saturated rings. The highest BCUT2D eigenvalue weighted by Gasteiger charge is 2.10. The molecule has 0 aliphatic heterocycles. The van der Waals surface area contributed by atoms with Crippen molar-refractivity contribution >= 4 is 5.69 Å². The molecular formula is C13H9F4N. The van der Waals surface area contributed by atoms with Gasteiger partial charge >= 0.3 is 0 Å². The zero-order chi connectivity index (χ0) is 13.1. The van der Waals surface area contributed by atoms with Gasteiger partial charge in [0.1, 0.15) is 5.82 Å². The van der Waals surface area contributed by atoms with Crippen molar-refractivity contribution in [3.05, 3.63) is 65.2 Å². The van der Waals surface area contributed by atoms with E-state index in [1.165, 1.54) is 12.1 Å². The molecule has 2 aromatic carbocycles. The van der Waals surface area contributed by atoms with Crippen LogP contribution >= 0.6 is 0 Å². The van der Waals surface area contributed by atoms with E-state index in [0.29, 0.717) is 0 Å². The van der Waals surface area contributed by atoms with Gasteiger partial charge in [0.05, 0.1) is 0 Å². The summed E-state index contributed by atoms with van der Waals surface area (Å²) in [5, 5.41) is 2.72. The lowest BCUT2D eigenvalue weighted by Gasteiger charge is -2.07. The van der Waals surface area contributed by atoms with Gasteiger partial charge < -0.3 is 5.32 Å². The summed E-state index contributed by atoms with van der Waals surface area (Å²) in [7, 11) is 0. The number of rotatable bonds is 3. The zero-order valence-corrected chi connectivity index (χ0v) is 9.18. The van der Waals surface area contributed by atoms with Gasteiger partial charge in [-0.25, -0.2) is 17.6 Å². The van der Waals surface area contributed by atoms with Crippen molar-refractivity contribution in [1.29, 1.82) is 0 Å². The fraction of sp³-hybridized carbons (Fsp3) is 0.0769. The molecule has 0 unspecified atom stereocenters. The standard InChI is InChI=1S/C13H9F4N/c14-9-3-1-8(2-4-9)7-18-10-5-11(15)13(17)12(16)6-10/h1-6,18H,7H2. The molecule has 94 valence electrons. The zero-order valence-electron chi connectivity index (χ0n) is 9.18. The Bertz CT molecular complexity index is 528. The molecule has 0 saturated carbocycles. The quantitative estimate of drug-likeness (QED) is 0.648. The minimum Gasteiger partial charge on any atom is -0.381 e. The molecule has 0 amide bonds. The Morgan fingerprint density at radius 2 is 1.39 bits per heavy atom. The molecule has 0 aliphatic rings. The molecule has 0 radical (unpaired) electrons. The number of anilines is 1. The molecular weight excluding hydrogens is 246 g/mol. The van der Waals surface area contributed by atoms with Gasteiger partial charge in [0, 0.05) is 24.4 Å². The molecule has 18 heavy (non-hydrogen) atoms. The average molecular weight is 255 g/mol. The van der Waals surface area contributed by atoms with Crippen molar-refractivity contribution in [3.63, 3.8) is 0 Å². The highest BCUT2D eigenvalue weighted by Crippen LogP contribution is 2.18. The molecule has 0 atom stereocenters. The third-order valence-electron chi connectivity index (χ3n) is 2.39. The minimum absolute atomic E-state index is 0.121. The SMILES string of the molecule is Fc1ccc(CNc2cc(F)c(F)c(F)c2)cc1. The van der Waals surface area contributed by atoms with E-state index in [2.05, 4.69) is 5.32 Å². The van der Waals surface area contributed by atoms with E-state index in [0.717, 1.165) is 17.7 Å². The van der Waals surface area contributed by atoms with Gasteiger partial charge in [-0.05, 0) is 17.7 Å². The number of hydrogen-bond acceptors (Lipinski definition) is 1. The molecule has 0 saturated heterocycles. The van der Waals surface area contributed by atoms with Gasteiger partial charge in [0.25, 0.3) is 0 Å². The Labute approximate surface area is 101 Å². The van der Waals surface area contributed by atoms with Gasteiger partial charge in [-0.2, -0.15) is 0 Å². The van der Waals surface area contributed by atoms with Crippen LogP contribution in [-0.4, -0.2) is 0 Å². The molecule has 0 aromatic heterocycles. The Morgan fingerprint density at radius 3 is 1.94 bits per heavy atom. The second kappa shape index (κ2) is 5.08. The van der Waals surface area contributed by atoms with Gasteiger partial charge in [-0.1, -0.05) is 12.1 Å². The third kappa shape index (κ3) is 2.80. The second-order valence-electron chi connectivity index (χ2n) is 3.73. The fourth-order valence-electron chi connectivity index (χ4n) is 1.46. The summed E-state index contributed by atoms with van der Waals surface area (Å²) in [6.07, 6.45) is 0. The van der Waals surface area contributed by atoms with Crippen LogP contribution in [0.4, 0.5) is 23.2 Å². The van der Waals surface area contributed by atoms with Gasteiger partial charge in [0.15, 0.2) is 17.5 Å². The lowest BCUT2D eigenvalue weighted by Crippen LogP contribution is -2.02. The van der Waals surface area contributed by atoms with Crippen LogP contribution < -0.4 is 5.32 Å². The molecule has 1 N–H and O–H groups in total. The molecule has 5 heteroatoms. The van der Waals surface area contributed by atoms with Crippen LogP contribution in [0.15, 0.2) is 36.4 Å². The van der Waals surface area contributed by atoms with Crippen molar-refractivity contribution < 1.29 is 17.6 Å². The van der Waals surface area contributed by atoms with Crippen molar-refractivity contribution in [3.8, 4) is 0 Å². The van der Waals surface area contributed by atoms with E-state index < -0.39 is 17.5 Å². The fourth-order valence-corrected chi connectivity index (χ4v) is 1.46. The number of nitrogens with one attached hydrogen (secondary N) is 1. The first-order valence-corrected chi connectivity index (χ1v) is 5.19. The van der Waals surface area contributed by atoms with Crippen molar-refractivity contribution in [2.75, 3.05) is 5.32 Å². The topological polar surface area (TPSA) is 12.0 Å². The van der Waals surface area contributed by atoms with Gasteiger partial charge in [0.2, 0.25) is 0 Å². The second-order valence-corrected chi connectivity index (χ2v) is 3.73. The molecule has 1 nitrogen and oxygen atoms in total. The Morgan fingerprint density at radius 1 is 0.833 bits per heavy atom. The van der Waals surface area contributed by atoms with Crippen LogP contribution in [0.3, 0.4) is 0 Å². The monoisotopic (exact) mass is 255 g/mol. The maximum absolute atomic E-state index is 12.9. The van der Waals surface area contributed by atoms with Gasteiger partial charge in [-0.15, -0.1) is 0 Å². The van der Waals surface area contributed by atoms with E-state index in [9.17, 15) is 17.6 Å². The number of halogens is 4. The van der Waals surface area contributed by atoms with Crippen molar-refractivity contribution in [2.24, 2.45) is 0 Å². The molecule has 0 heterocycles. The summed E-state index contributed by atoms with van der Waals surface area (Å²) in [6, 6.07) is 7.37. The van der Waals surface area contributed by atoms with E-state index in [1.54, 1.807) is 12.1 Å². The highest BCUT2D eigenvalue weighted by atomic mass is 19.2. The molecule has 0 spiro atoms. The van der Waals surface area contributed by atoms with Gasteiger partial charge in [-0.3, -0.25) is 0 Å². The normalized spacial score (nSPS) is 10.4. The van der Waals surface area contributed by atoms with Crippen molar-refractivity contribution in [2.45, 2.75) is 6.54 Å². The maximum Gasteiger partial charge on any atom is 0.194 e. The minimum atomic E-state index is -1.50. The lowest BCUT2D eigenvalue weighted by atomic mass is 10.2. The summed E-state index contributed by atoms with van der Waals surface area (Å²) >= 11 is 0. The lowest BCUT2D eigenvalue weighted by molar-refractivity contribution is 0.447. The van der Waals surface area contributed by atoms with E-state index in [1.807, 2.05) is 0 Å². The predicted molar refractivity (Wildman–Crippen MR) is 60.0 cm³/mol. The van der Waals surface area contributed by atoms with Crippen LogP contribution in [0.5, 0.6) is 0 Å². The summed E-state index contributed by atoms with van der Waals surface area (Å²) in [6.45, 7) is 0.255. The predicted octanol–water partition coefficient (Wildman–Crippen LogP) is 3.86. The number of hydrogen-bond donors (Lipinski definition) is 1. The van der Waals surface area contributed by atoms with Crippen LogP contribution in [0, 0.1) is 23.3 Å². The van der Waals surface area contributed by atoms with E-state index >= 15 is 0 Å². The largest absolute Gasteiger partial charge is 0.381 e. The van der Waals surface area contributed by atoms with Crippen LogP contribution in [0.2, 0.25) is 0 Å². The molecule has 2 rings (SSSR count). The highest BCUT2D eigenvalue weighted by molar-refractivity contribution is 5.44. The average Bonchev–Trinajstić information content (AvgIpc) is 2.35. The summed E-state index contributed by atoms with van der Waals surface area (Å²) in [4.78, 5) is 0. The summed E-state index contributed by atoms with van der Waals surface area (Å²) in [5.41, 5.74) is 0.859. The van der Waals surface area contributed by atoms with E-state index in [4.69, 9.17) is 0 Å². The van der Waals surface area contributed by atoms with E-state index in [-0.39, 0.29) is 18.0 Å². The number of benzene rings is 2. The van der Waals surface area contributed by atoms with Crippen molar-refractivity contribution in [1.82, 2.24) is 0 Å². The molecule has 2 aromatic rings. The molecule has 0 bridgehead atoms. The van der Waals surface area contributed by atoms with Crippen LogP contribution in [-0.2, 0) is 6.54 Å². The first-order chi connectivity index (χ1) is 8.56. The Hall–Kier alpha value is -2.04. The Balaban J connectivity index is 2.08. The molecule has 0 aliphatic carbocycles. The summed E-state index contributed by atoms with van der Waals surface area (Å²) < 4.78 is 51.2. The first-order valence-electron chi connectivity index (χ1n) is 5.19. The third-order valence-corrected chi connectivity index (χ3v) is 2.39. The smallest absolute Gasteiger partial charge is 0.194 e. The van der Waals surface area contributed by atoms with Crippen LogP contribution in [0.25, 0.3) is 0 Å². The summed E-state index contributed by atoms with van der Waals surface area (Å²) in [5.74, 6) is -4.37.